The van der Waals surface area contributed by atoms with Crippen LogP contribution in [0.1, 0.15) is 16.8 Å². The molecule has 6 heteroatoms. The van der Waals surface area contributed by atoms with Gasteiger partial charge in [-0.1, -0.05) is 0 Å². The molecule has 1 atom stereocenters. The summed E-state index contributed by atoms with van der Waals surface area (Å²) in [5.74, 6) is -1.20. The predicted molar refractivity (Wildman–Crippen MR) is 69.3 cm³/mol. The zero-order valence-electron chi connectivity index (χ0n) is 10.0. The second-order valence-corrected chi connectivity index (χ2v) is 7.09. The van der Waals surface area contributed by atoms with Crippen LogP contribution in [0, 0.1) is 11.7 Å². The van der Waals surface area contributed by atoms with Crippen molar-refractivity contribution in [3.63, 3.8) is 0 Å². The van der Waals surface area contributed by atoms with E-state index < -0.39 is 21.6 Å². The zero-order chi connectivity index (χ0) is 13.6. The standard InChI is InChI=1S/C13H12FNO3S/c14-9-1-2-12-10(5-9)11(6-15-12)13(16)8-3-4-19(17,18)7-8/h1-2,5-6,8,15H,3-4,7H2. The number of H-pyrrole nitrogens is 1. The molecular formula is C13H12FNO3S. The van der Waals surface area contributed by atoms with Crippen molar-refractivity contribution >= 4 is 26.5 Å². The van der Waals surface area contributed by atoms with E-state index in [-0.39, 0.29) is 17.3 Å². The van der Waals surface area contributed by atoms with E-state index in [2.05, 4.69) is 4.98 Å². The van der Waals surface area contributed by atoms with Crippen LogP contribution in [-0.2, 0) is 9.84 Å². The first-order chi connectivity index (χ1) is 8.96. The Morgan fingerprint density at radius 2 is 2.16 bits per heavy atom. The molecule has 100 valence electrons. The van der Waals surface area contributed by atoms with Crippen molar-refractivity contribution in [3.8, 4) is 0 Å². The Kier molecular flexibility index (Phi) is 2.70. The van der Waals surface area contributed by atoms with Gasteiger partial charge >= 0.3 is 0 Å². The van der Waals surface area contributed by atoms with Gasteiger partial charge < -0.3 is 4.98 Å². The average Bonchev–Trinajstić information content (AvgIpc) is 2.91. The molecule has 1 saturated heterocycles. The molecule has 1 fully saturated rings. The largest absolute Gasteiger partial charge is 0.360 e. The molecule has 0 amide bonds. The lowest BCUT2D eigenvalue weighted by molar-refractivity contribution is 0.0935. The lowest BCUT2D eigenvalue weighted by Gasteiger charge is -2.05. The van der Waals surface area contributed by atoms with E-state index in [0.717, 1.165) is 0 Å². The summed E-state index contributed by atoms with van der Waals surface area (Å²) in [5, 5.41) is 0.509. The van der Waals surface area contributed by atoms with Gasteiger partial charge in [-0.15, -0.1) is 0 Å². The fraction of sp³-hybridized carbons (Fsp3) is 0.308. The minimum Gasteiger partial charge on any atom is -0.360 e. The minimum atomic E-state index is -3.10. The molecule has 0 spiro atoms. The summed E-state index contributed by atoms with van der Waals surface area (Å²) in [4.78, 5) is 15.2. The van der Waals surface area contributed by atoms with E-state index in [4.69, 9.17) is 0 Å². The third-order valence-electron chi connectivity index (χ3n) is 3.51. The van der Waals surface area contributed by atoms with Crippen molar-refractivity contribution in [3.05, 3.63) is 35.8 Å². The highest BCUT2D eigenvalue weighted by atomic mass is 32.2. The van der Waals surface area contributed by atoms with Crippen molar-refractivity contribution < 1.29 is 17.6 Å². The predicted octanol–water partition coefficient (Wildman–Crippen LogP) is 1.92. The van der Waals surface area contributed by atoms with E-state index in [1.165, 1.54) is 18.3 Å². The summed E-state index contributed by atoms with van der Waals surface area (Å²) in [7, 11) is -3.10. The number of Topliss-reactive ketones (excluding diaryl/α,β-unsaturated/α-hetero) is 1. The van der Waals surface area contributed by atoms with Crippen LogP contribution >= 0.6 is 0 Å². The fourth-order valence-electron chi connectivity index (χ4n) is 2.52. The van der Waals surface area contributed by atoms with Crippen molar-refractivity contribution in [1.82, 2.24) is 4.98 Å². The van der Waals surface area contributed by atoms with Crippen molar-refractivity contribution in [2.75, 3.05) is 11.5 Å². The van der Waals surface area contributed by atoms with Crippen LogP contribution in [0.2, 0.25) is 0 Å². The molecule has 0 radical (unpaired) electrons. The highest BCUT2D eigenvalue weighted by Crippen LogP contribution is 2.27. The second kappa shape index (κ2) is 4.16. The first-order valence-electron chi connectivity index (χ1n) is 5.97. The summed E-state index contributed by atoms with van der Waals surface area (Å²) in [5.41, 5.74) is 1.04. The number of carbonyl (C=O) groups is 1. The maximum absolute atomic E-state index is 13.2. The number of hydrogen-bond donors (Lipinski definition) is 1. The van der Waals surface area contributed by atoms with Gasteiger partial charge in [0.05, 0.1) is 11.5 Å². The van der Waals surface area contributed by atoms with Crippen LogP contribution in [0.25, 0.3) is 10.9 Å². The monoisotopic (exact) mass is 281 g/mol. The average molecular weight is 281 g/mol. The highest BCUT2D eigenvalue weighted by molar-refractivity contribution is 7.91. The normalized spacial score (nSPS) is 21.8. The summed E-state index contributed by atoms with van der Waals surface area (Å²) < 4.78 is 36.1. The first-order valence-corrected chi connectivity index (χ1v) is 7.80. The number of aromatic nitrogens is 1. The second-order valence-electron chi connectivity index (χ2n) is 4.86. The number of aromatic amines is 1. The summed E-state index contributed by atoms with van der Waals surface area (Å²) in [6, 6.07) is 4.17. The molecule has 2 heterocycles. The summed E-state index contributed by atoms with van der Waals surface area (Å²) in [6.45, 7) is 0. The van der Waals surface area contributed by atoms with Gasteiger partial charge in [-0.3, -0.25) is 4.79 Å². The maximum atomic E-state index is 13.2. The Balaban J connectivity index is 2.01. The van der Waals surface area contributed by atoms with Gasteiger partial charge in [-0.2, -0.15) is 0 Å². The van der Waals surface area contributed by atoms with Crippen molar-refractivity contribution in [1.29, 1.82) is 0 Å². The number of ketones is 1. The SMILES string of the molecule is O=C(c1c[nH]c2ccc(F)cc12)C1CCS(=O)(=O)C1. The van der Waals surface area contributed by atoms with Crippen molar-refractivity contribution in [2.24, 2.45) is 5.92 Å². The molecule has 1 aromatic carbocycles. The number of carbonyl (C=O) groups excluding carboxylic acids is 1. The maximum Gasteiger partial charge on any atom is 0.169 e. The molecule has 0 saturated carbocycles. The number of sulfone groups is 1. The quantitative estimate of drug-likeness (QED) is 0.855. The van der Waals surface area contributed by atoms with Crippen LogP contribution in [0.15, 0.2) is 24.4 Å². The zero-order valence-corrected chi connectivity index (χ0v) is 10.8. The van der Waals surface area contributed by atoms with E-state index in [1.54, 1.807) is 6.07 Å². The Labute approximate surface area is 109 Å². The number of halogens is 1. The summed E-state index contributed by atoms with van der Waals surface area (Å²) >= 11 is 0. The molecule has 4 nitrogen and oxygen atoms in total. The molecule has 2 aromatic rings. The molecule has 1 aliphatic rings. The van der Waals surface area contributed by atoms with Gasteiger partial charge in [0, 0.05) is 28.6 Å². The molecule has 1 aliphatic heterocycles. The molecule has 1 N–H and O–H groups in total. The number of fused-ring (bicyclic) bond motifs is 1. The van der Waals surface area contributed by atoms with E-state index in [0.29, 0.717) is 22.9 Å². The Morgan fingerprint density at radius 3 is 2.84 bits per heavy atom. The molecular weight excluding hydrogens is 269 g/mol. The van der Waals surface area contributed by atoms with Gasteiger partial charge in [0.15, 0.2) is 15.6 Å². The lowest BCUT2D eigenvalue weighted by Crippen LogP contribution is -2.15. The number of benzene rings is 1. The fourth-order valence-corrected chi connectivity index (χ4v) is 4.26. The Hall–Kier alpha value is -1.69. The van der Waals surface area contributed by atoms with Crippen LogP contribution in [0.3, 0.4) is 0 Å². The van der Waals surface area contributed by atoms with Crippen molar-refractivity contribution in [2.45, 2.75) is 6.42 Å². The molecule has 0 bridgehead atoms. The molecule has 1 aromatic heterocycles. The summed E-state index contributed by atoms with van der Waals surface area (Å²) in [6.07, 6.45) is 1.88. The molecule has 3 rings (SSSR count). The smallest absolute Gasteiger partial charge is 0.169 e. The highest BCUT2D eigenvalue weighted by Gasteiger charge is 2.34. The van der Waals surface area contributed by atoms with Crippen LogP contribution in [0.5, 0.6) is 0 Å². The molecule has 19 heavy (non-hydrogen) atoms. The lowest BCUT2D eigenvalue weighted by atomic mass is 9.97. The third kappa shape index (κ3) is 2.16. The van der Waals surface area contributed by atoms with E-state index >= 15 is 0 Å². The Bertz CT molecular complexity index is 763. The van der Waals surface area contributed by atoms with Crippen LogP contribution < -0.4 is 0 Å². The minimum absolute atomic E-state index is 0.0557. The topological polar surface area (TPSA) is 67.0 Å². The van der Waals surface area contributed by atoms with Gasteiger partial charge in [0.1, 0.15) is 5.82 Å². The van der Waals surface area contributed by atoms with Crippen LogP contribution in [0.4, 0.5) is 4.39 Å². The molecule has 0 aliphatic carbocycles. The number of hydrogen-bond acceptors (Lipinski definition) is 3. The molecule has 1 unspecified atom stereocenters. The van der Waals surface area contributed by atoms with Crippen LogP contribution in [-0.4, -0.2) is 30.7 Å². The first kappa shape index (κ1) is 12.3. The number of rotatable bonds is 2. The van der Waals surface area contributed by atoms with Gasteiger partial charge in [-0.25, -0.2) is 12.8 Å². The van der Waals surface area contributed by atoms with Gasteiger partial charge in [0.25, 0.3) is 0 Å². The van der Waals surface area contributed by atoms with E-state index in [1.807, 2.05) is 0 Å². The van der Waals surface area contributed by atoms with Gasteiger partial charge in [-0.05, 0) is 24.6 Å². The Morgan fingerprint density at radius 1 is 1.37 bits per heavy atom. The van der Waals surface area contributed by atoms with Gasteiger partial charge in [0.2, 0.25) is 0 Å². The number of nitrogens with one attached hydrogen (secondary N) is 1. The van der Waals surface area contributed by atoms with E-state index in [9.17, 15) is 17.6 Å². The third-order valence-corrected chi connectivity index (χ3v) is 5.28.